The van der Waals surface area contributed by atoms with Crippen LogP contribution in [0.4, 0.5) is 4.39 Å². The summed E-state index contributed by atoms with van der Waals surface area (Å²) in [5.74, 6) is -0.463. The normalized spacial score (nSPS) is 16.2. The summed E-state index contributed by atoms with van der Waals surface area (Å²) in [7, 11) is 0. The van der Waals surface area contributed by atoms with Gasteiger partial charge >= 0.3 is 0 Å². The van der Waals surface area contributed by atoms with Gasteiger partial charge < -0.3 is 9.88 Å². The number of aromatic amines is 1. The van der Waals surface area contributed by atoms with E-state index in [9.17, 15) is 9.18 Å². The highest BCUT2D eigenvalue weighted by Gasteiger charge is 2.35. The van der Waals surface area contributed by atoms with Gasteiger partial charge in [0, 0.05) is 41.1 Å². The fraction of sp³-hybridized carbons (Fsp3) is 0.130. The van der Waals surface area contributed by atoms with Crippen LogP contribution in [-0.2, 0) is 6.42 Å². The molecule has 0 aliphatic carbocycles. The number of nitrogens with zero attached hydrogens (tertiary/aromatic N) is 2. The van der Waals surface area contributed by atoms with Gasteiger partial charge in [-0.15, -0.1) is 0 Å². The Labute approximate surface area is 161 Å². The van der Waals surface area contributed by atoms with Crippen molar-refractivity contribution in [2.75, 3.05) is 6.54 Å². The Morgan fingerprint density at radius 2 is 1.89 bits per heavy atom. The fourth-order valence-electron chi connectivity index (χ4n) is 4.10. The molecule has 0 saturated heterocycles. The van der Waals surface area contributed by atoms with E-state index in [1.54, 1.807) is 24.5 Å². The van der Waals surface area contributed by atoms with E-state index < -0.39 is 0 Å². The van der Waals surface area contributed by atoms with E-state index >= 15 is 0 Å². The van der Waals surface area contributed by atoms with Crippen LogP contribution < -0.4 is 0 Å². The third-order valence-electron chi connectivity index (χ3n) is 5.39. The standard InChI is InChI=1S/C23H18FN3O/c24-17-9-7-15(8-10-17)23(28)27-13-11-19-18-5-1-2-6-20(18)26-21(19)22(27)16-4-3-12-25-14-16/h1-10,12,14,22,26H,11,13H2/t22-/m0/s1. The molecule has 3 heterocycles. The molecule has 1 aliphatic heterocycles. The molecule has 1 N–H and O–H groups in total. The van der Waals surface area contributed by atoms with Gasteiger partial charge in [-0.05, 0) is 53.9 Å². The maximum absolute atomic E-state index is 13.3. The van der Waals surface area contributed by atoms with Gasteiger partial charge in [-0.1, -0.05) is 24.3 Å². The molecule has 5 rings (SSSR count). The van der Waals surface area contributed by atoms with Crippen molar-refractivity contribution in [1.29, 1.82) is 0 Å². The van der Waals surface area contributed by atoms with E-state index in [0.717, 1.165) is 23.2 Å². The lowest BCUT2D eigenvalue weighted by molar-refractivity contribution is 0.0691. The van der Waals surface area contributed by atoms with Gasteiger partial charge in [0.25, 0.3) is 5.91 Å². The molecule has 138 valence electrons. The molecule has 0 bridgehead atoms. The van der Waals surface area contributed by atoms with Crippen molar-refractivity contribution in [3.05, 3.63) is 101 Å². The Hall–Kier alpha value is -3.47. The SMILES string of the molecule is O=C(c1ccc(F)cc1)N1CCc2c([nH]c3ccccc23)[C@@H]1c1cccnc1. The number of hydrogen-bond donors (Lipinski definition) is 1. The second-order valence-electron chi connectivity index (χ2n) is 7.01. The summed E-state index contributed by atoms with van der Waals surface area (Å²) in [5.41, 5.74) is 4.77. The number of carbonyl (C=O) groups excluding carboxylic acids is 1. The maximum atomic E-state index is 13.3. The Morgan fingerprint density at radius 1 is 1.07 bits per heavy atom. The number of rotatable bonds is 2. The molecule has 0 saturated carbocycles. The van der Waals surface area contributed by atoms with Gasteiger partial charge in [-0.3, -0.25) is 9.78 Å². The number of pyridine rings is 1. The van der Waals surface area contributed by atoms with Crippen LogP contribution in [0.1, 0.15) is 33.2 Å². The summed E-state index contributed by atoms with van der Waals surface area (Å²) in [6, 6.07) is 17.5. The van der Waals surface area contributed by atoms with E-state index in [2.05, 4.69) is 22.1 Å². The van der Waals surface area contributed by atoms with Crippen LogP contribution in [0.15, 0.2) is 73.1 Å². The molecule has 0 fully saturated rings. The Morgan fingerprint density at radius 3 is 2.68 bits per heavy atom. The molecular formula is C23H18FN3O. The van der Waals surface area contributed by atoms with Crippen molar-refractivity contribution in [3.8, 4) is 0 Å². The van der Waals surface area contributed by atoms with Gasteiger partial charge in [-0.25, -0.2) is 4.39 Å². The molecular weight excluding hydrogens is 353 g/mol. The highest BCUT2D eigenvalue weighted by molar-refractivity contribution is 5.95. The van der Waals surface area contributed by atoms with Crippen molar-refractivity contribution in [3.63, 3.8) is 0 Å². The molecule has 2 aromatic heterocycles. The molecule has 0 spiro atoms. The maximum Gasteiger partial charge on any atom is 0.254 e. The first-order valence-electron chi connectivity index (χ1n) is 9.28. The lowest BCUT2D eigenvalue weighted by Crippen LogP contribution is -2.40. The quantitative estimate of drug-likeness (QED) is 0.564. The lowest BCUT2D eigenvalue weighted by atomic mass is 9.92. The molecule has 1 amide bonds. The molecule has 2 aromatic carbocycles. The van der Waals surface area contributed by atoms with Crippen LogP contribution in [0.2, 0.25) is 0 Å². The predicted octanol–water partition coefficient (Wildman–Crippen LogP) is 4.49. The molecule has 5 heteroatoms. The number of fused-ring (bicyclic) bond motifs is 3. The van der Waals surface area contributed by atoms with Crippen molar-refractivity contribution >= 4 is 16.8 Å². The second-order valence-corrected chi connectivity index (χ2v) is 7.01. The average Bonchev–Trinajstić information content (AvgIpc) is 3.12. The first kappa shape index (κ1) is 16.7. The lowest BCUT2D eigenvalue weighted by Gasteiger charge is -2.36. The third kappa shape index (κ3) is 2.67. The predicted molar refractivity (Wildman–Crippen MR) is 106 cm³/mol. The molecule has 0 radical (unpaired) electrons. The van der Waals surface area contributed by atoms with E-state index in [4.69, 9.17) is 0 Å². The monoisotopic (exact) mass is 371 g/mol. The molecule has 1 aliphatic rings. The third-order valence-corrected chi connectivity index (χ3v) is 5.39. The number of amides is 1. The number of benzene rings is 2. The Kier molecular flexibility index (Phi) is 3.93. The van der Waals surface area contributed by atoms with Gasteiger partial charge in [0.15, 0.2) is 0 Å². The van der Waals surface area contributed by atoms with Crippen LogP contribution in [0.3, 0.4) is 0 Å². The summed E-state index contributed by atoms with van der Waals surface area (Å²) in [5, 5.41) is 1.19. The van der Waals surface area contributed by atoms with Gasteiger partial charge in [-0.2, -0.15) is 0 Å². The van der Waals surface area contributed by atoms with E-state index in [1.807, 2.05) is 29.2 Å². The van der Waals surface area contributed by atoms with Gasteiger partial charge in [0.2, 0.25) is 0 Å². The summed E-state index contributed by atoms with van der Waals surface area (Å²) in [6.07, 6.45) is 4.30. The highest BCUT2D eigenvalue weighted by Crippen LogP contribution is 2.38. The number of halogens is 1. The average molecular weight is 371 g/mol. The number of carbonyl (C=O) groups is 1. The zero-order valence-corrected chi connectivity index (χ0v) is 15.1. The van der Waals surface area contributed by atoms with Crippen LogP contribution in [-0.4, -0.2) is 27.3 Å². The van der Waals surface area contributed by atoms with Crippen LogP contribution in [0.25, 0.3) is 10.9 Å². The molecule has 28 heavy (non-hydrogen) atoms. The molecule has 4 nitrogen and oxygen atoms in total. The molecule has 4 aromatic rings. The number of aromatic nitrogens is 2. The minimum Gasteiger partial charge on any atom is -0.356 e. The summed E-state index contributed by atoms with van der Waals surface area (Å²) in [6.45, 7) is 0.588. The van der Waals surface area contributed by atoms with Crippen LogP contribution >= 0.6 is 0 Å². The minimum atomic E-state index is -0.350. The van der Waals surface area contributed by atoms with Crippen LogP contribution in [0, 0.1) is 5.82 Å². The van der Waals surface area contributed by atoms with Crippen molar-refractivity contribution in [1.82, 2.24) is 14.9 Å². The van der Waals surface area contributed by atoms with Crippen molar-refractivity contribution in [2.24, 2.45) is 0 Å². The number of hydrogen-bond acceptors (Lipinski definition) is 2. The number of nitrogens with one attached hydrogen (secondary N) is 1. The minimum absolute atomic E-state index is 0.113. The summed E-state index contributed by atoms with van der Waals surface area (Å²) >= 11 is 0. The number of H-pyrrole nitrogens is 1. The van der Waals surface area contributed by atoms with Gasteiger partial charge in [0.1, 0.15) is 5.82 Å². The second kappa shape index (κ2) is 6.60. The summed E-state index contributed by atoms with van der Waals surface area (Å²) < 4.78 is 13.3. The summed E-state index contributed by atoms with van der Waals surface area (Å²) in [4.78, 5) is 22.9. The zero-order chi connectivity index (χ0) is 19.1. The van der Waals surface area contributed by atoms with Crippen molar-refractivity contribution < 1.29 is 9.18 Å². The Balaban J connectivity index is 1.65. The smallest absolute Gasteiger partial charge is 0.254 e. The Bertz CT molecular complexity index is 1150. The van der Waals surface area contributed by atoms with E-state index in [1.165, 1.54) is 23.1 Å². The highest BCUT2D eigenvalue weighted by atomic mass is 19.1. The van der Waals surface area contributed by atoms with E-state index in [-0.39, 0.29) is 17.8 Å². The first-order chi connectivity index (χ1) is 13.7. The van der Waals surface area contributed by atoms with Crippen LogP contribution in [0.5, 0.6) is 0 Å². The van der Waals surface area contributed by atoms with E-state index in [0.29, 0.717) is 12.1 Å². The fourth-order valence-corrected chi connectivity index (χ4v) is 4.10. The van der Waals surface area contributed by atoms with Crippen molar-refractivity contribution in [2.45, 2.75) is 12.5 Å². The topological polar surface area (TPSA) is 49.0 Å². The first-order valence-corrected chi connectivity index (χ1v) is 9.28. The molecule has 1 atom stereocenters. The zero-order valence-electron chi connectivity index (χ0n) is 15.1. The molecule has 0 unspecified atom stereocenters. The van der Waals surface area contributed by atoms with Gasteiger partial charge in [0.05, 0.1) is 6.04 Å². The number of para-hydroxylation sites is 1. The largest absolute Gasteiger partial charge is 0.356 e.